The van der Waals surface area contributed by atoms with Gasteiger partial charge in [-0.3, -0.25) is 39.2 Å². The number of benzene rings is 1. The van der Waals surface area contributed by atoms with E-state index in [9.17, 15) is 24.0 Å². The topological polar surface area (TPSA) is 110 Å². The molecular formula is C23H23N5O5S. The number of hydrogen-bond acceptors (Lipinski definition) is 7. The maximum atomic E-state index is 13.5. The molecule has 3 fully saturated rings. The SMILES string of the molecule is CN1C(=O)N(C)C(=O)C2(Cc3cc(C=C4C(=O)NC(=S)N(C)C4=O)ccc3N3CCCC32)C1=O. The largest absolute Gasteiger partial charge is 0.367 e. The van der Waals surface area contributed by atoms with Gasteiger partial charge in [-0.25, -0.2) is 4.79 Å². The van der Waals surface area contributed by atoms with Crippen LogP contribution in [0.15, 0.2) is 23.8 Å². The number of barbiturate groups is 1. The van der Waals surface area contributed by atoms with Crippen molar-refractivity contribution in [3.05, 3.63) is 34.9 Å². The van der Waals surface area contributed by atoms with Crippen LogP contribution >= 0.6 is 12.2 Å². The predicted molar refractivity (Wildman–Crippen MR) is 125 cm³/mol. The van der Waals surface area contributed by atoms with Crippen molar-refractivity contribution < 1.29 is 24.0 Å². The van der Waals surface area contributed by atoms with Crippen LogP contribution in [-0.4, -0.2) is 83.2 Å². The van der Waals surface area contributed by atoms with E-state index in [1.807, 2.05) is 6.07 Å². The highest BCUT2D eigenvalue weighted by Crippen LogP contribution is 2.49. The van der Waals surface area contributed by atoms with E-state index in [2.05, 4.69) is 10.2 Å². The summed E-state index contributed by atoms with van der Waals surface area (Å²) in [7, 11) is 4.29. The molecular weight excluding hydrogens is 458 g/mol. The molecule has 176 valence electrons. The highest BCUT2D eigenvalue weighted by atomic mass is 32.1. The Morgan fingerprint density at radius 1 is 1.03 bits per heavy atom. The van der Waals surface area contributed by atoms with E-state index in [-0.39, 0.29) is 23.1 Å². The zero-order valence-corrected chi connectivity index (χ0v) is 19.8. The van der Waals surface area contributed by atoms with E-state index in [0.717, 1.165) is 27.5 Å². The molecule has 5 rings (SSSR count). The van der Waals surface area contributed by atoms with Gasteiger partial charge in [0.1, 0.15) is 5.57 Å². The third kappa shape index (κ3) is 2.86. The summed E-state index contributed by atoms with van der Waals surface area (Å²) in [6.07, 6.45) is 3.09. The summed E-state index contributed by atoms with van der Waals surface area (Å²) in [4.78, 5) is 69.6. The van der Waals surface area contributed by atoms with E-state index in [1.165, 1.54) is 32.1 Å². The van der Waals surface area contributed by atoms with Gasteiger partial charge in [0, 0.05) is 33.4 Å². The molecule has 0 saturated carbocycles. The standard InChI is InChI=1S/C23H23N5O5S/c1-25-18(30)14(17(29)24-21(25)34)10-12-6-7-15-13(9-12)11-23(16-5-4-8-28(15)16)19(31)26(2)22(33)27(3)20(23)32/h6-7,9-10,16H,4-5,8,11H2,1-3H3,(H,24,29,34). The van der Waals surface area contributed by atoms with Crippen molar-refractivity contribution in [2.75, 3.05) is 32.6 Å². The van der Waals surface area contributed by atoms with Gasteiger partial charge in [-0.2, -0.15) is 0 Å². The van der Waals surface area contributed by atoms with Gasteiger partial charge in [0.15, 0.2) is 10.5 Å². The molecule has 6 amide bonds. The molecule has 0 aromatic heterocycles. The molecule has 1 aromatic carbocycles. The fourth-order valence-corrected chi connectivity index (χ4v) is 5.72. The van der Waals surface area contributed by atoms with E-state index >= 15 is 0 Å². The molecule has 4 heterocycles. The Bertz CT molecular complexity index is 1220. The van der Waals surface area contributed by atoms with Crippen molar-refractivity contribution in [1.29, 1.82) is 0 Å². The van der Waals surface area contributed by atoms with E-state index in [4.69, 9.17) is 12.2 Å². The van der Waals surface area contributed by atoms with Crippen LogP contribution in [0.25, 0.3) is 6.08 Å². The molecule has 34 heavy (non-hydrogen) atoms. The second kappa shape index (κ2) is 7.45. The Hall–Kier alpha value is -3.60. The summed E-state index contributed by atoms with van der Waals surface area (Å²) in [6, 6.07) is 4.51. The van der Waals surface area contributed by atoms with Crippen LogP contribution in [0.5, 0.6) is 0 Å². The Kier molecular flexibility index (Phi) is 4.87. The lowest BCUT2D eigenvalue weighted by atomic mass is 9.68. The van der Waals surface area contributed by atoms with Gasteiger partial charge in [-0.1, -0.05) is 6.07 Å². The first-order valence-electron chi connectivity index (χ1n) is 10.9. The number of likely N-dealkylation sites (N-methyl/N-ethyl adjacent to an activating group) is 1. The number of thiocarbonyl (C=S) groups is 1. The van der Waals surface area contributed by atoms with E-state index in [0.29, 0.717) is 18.5 Å². The zero-order chi connectivity index (χ0) is 24.5. The molecule has 4 aliphatic rings. The molecule has 1 N–H and O–H groups in total. The van der Waals surface area contributed by atoms with Gasteiger partial charge in [-0.15, -0.1) is 0 Å². The molecule has 0 bridgehead atoms. The summed E-state index contributed by atoms with van der Waals surface area (Å²) in [5.74, 6) is -2.09. The molecule has 0 aliphatic carbocycles. The van der Waals surface area contributed by atoms with Crippen molar-refractivity contribution in [2.45, 2.75) is 25.3 Å². The smallest absolute Gasteiger partial charge is 0.332 e. The lowest BCUT2D eigenvalue weighted by Crippen LogP contribution is -2.70. The third-order valence-electron chi connectivity index (χ3n) is 7.27. The normalized spacial score (nSPS) is 25.4. The molecule has 3 saturated heterocycles. The van der Waals surface area contributed by atoms with Crippen LogP contribution in [0.3, 0.4) is 0 Å². The maximum Gasteiger partial charge on any atom is 0.332 e. The summed E-state index contributed by atoms with van der Waals surface area (Å²) < 4.78 is 0. The van der Waals surface area contributed by atoms with Gasteiger partial charge in [-0.05, 0) is 60.8 Å². The van der Waals surface area contributed by atoms with Crippen molar-refractivity contribution >= 4 is 58.8 Å². The minimum absolute atomic E-state index is 0.0386. The number of nitrogens with one attached hydrogen (secondary N) is 1. The van der Waals surface area contributed by atoms with Crippen LogP contribution in [0, 0.1) is 5.41 Å². The Labute approximate surface area is 201 Å². The number of amides is 6. The Balaban J connectivity index is 1.60. The minimum atomic E-state index is -1.41. The molecule has 1 aromatic rings. The van der Waals surface area contributed by atoms with Gasteiger partial charge < -0.3 is 4.90 Å². The first-order valence-corrected chi connectivity index (χ1v) is 11.3. The fraction of sp³-hybridized carbons (Fsp3) is 0.391. The number of imide groups is 2. The molecule has 1 unspecified atom stereocenters. The van der Waals surface area contributed by atoms with Crippen molar-refractivity contribution in [1.82, 2.24) is 20.0 Å². The number of urea groups is 1. The molecule has 0 radical (unpaired) electrons. The zero-order valence-electron chi connectivity index (χ0n) is 19.0. The maximum absolute atomic E-state index is 13.5. The van der Waals surface area contributed by atoms with E-state index in [1.54, 1.807) is 12.1 Å². The molecule has 10 nitrogen and oxygen atoms in total. The number of carbonyl (C=O) groups is 5. The molecule has 1 spiro atoms. The van der Waals surface area contributed by atoms with Crippen molar-refractivity contribution in [2.24, 2.45) is 5.41 Å². The first kappa shape index (κ1) is 22.2. The fourth-order valence-electron chi connectivity index (χ4n) is 5.54. The van der Waals surface area contributed by atoms with Crippen LogP contribution in [0.2, 0.25) is 0 Å². The Morgan fingerprint density at radius 2 is 1.71 bits per heavy atom. The Morgan fingerprint density at radius 3 is 2.38 bits per heavy atom. The van der Waals surface area contributed by atoms with Gasteiger partial charge >= 0.3 is 6.03 Å². The quantitative estimate of drug-likeness (QED) is 0.269. The number of hydrogen-bond donors (Lipinski definition) is 1. The summed E-state index contributed by atoms with van der Waals surface area (Å²) in [6.45, 7) is 0.685. The summed E-state index contributed by atoms with van der Waals surface area (Å²) in [5, 5.41) is 2.52. The average Bonchev–Trinajstić information content (AvgIpc) is 3.32. The lowest BCUT2D eigenvalue weighted by molar-refractivity contribution is -0.159. The van der Waals surface area contributed by atoms with Gasteiger partial charge in [0.25, 0.3) is 11.8 Å². The average molecular weight is 482 g/mol. The highest BCUT2D eigenvalue weighted by molar-refractivity contribution is 7.80. The molecule has 4 aliphatic heterocycles. The number of nitrogens with zero attached hydrogens (tertiary/aromatic N) is 4. The second-order valence-corrected chi connectivity index (χ2v) is 9.47. The van der Waals surface area contributed by atoms with Gasteiger partial charge in [0.05, 0.1) is 6.04 Å². The second-order valence-electron chi connectivity index (χ2n) is 9.08. The van der Waals surface area contributed by atoms with Crippen LogP contribution in [0.1, 0.15) is 24.0 Å². The molecule has 1 atom stereocenters. The van der Waals surface area contributed by atoms with Crippen molar-refractivity contribution in [3.8, 4) is 0 Å². The third-order valence-corrected chi connectivity index (χ3v) is 7.64. The number of carbonyl (C=O) groups excluding carboxylic acids is 5. The van der Waals surface area contributed by atoms with Crippen LogP contribution in [0.4, 0.5) is 10.5 Å². The summed E-state index contributed by atoms with van der Waals surface area (Å²) >= 11 is 4.99. The number of rotatable bonds is 1. The van der Waals surface area contributed by atoms with E-state index < -0.39 is 35.1 Å². The number of anilines is 1. The highest BCUT2D eigenvalue weighted by Gasteiger charge is 2.63. The van der Waals surface area contributed by atoms with Gasteiger partial charge in [0.2, 0.25) is 11.8 Å². The minimum Gasteiger partial charge on any atom is -0.367 e. The van der Waals surface area contributed by atoms with Crippen molar-refractivity contribution in [3.63, 3.8) is 0 Å². The lowest BCUT2D eigenvalue weighted by Gasteiger charge is -2.50. The summed E-state index contributed by atoms with van der Waals surface area (Å²) in [5.41, 5.74) is 0.779. The van der Waals surface area contributed by atoms with Crippen LogP contribution in [-0.2, 0) is 25.6 Å². The van der Waals surface area contributed by atoms with Crippen LogP contribution < -0.4 is 10.2 Å². The predicted octanol–water partition coefficient (Wildman–Crippen LogP) is 0.505. The monoisotopic (exact) mass is 481 g/mol. The molecule has 11 heteroatoms. The first-order chi connectivity index (χ1) is 16.1. The number of fused-ring (bicyclic) bond motifs is 4.